The van der Waals surface area contributed by atoms with Gasteiger partial charge in [0.25, 0.3) is 10.1 Å². The molecule has 0 atom stereocenters. The third-order valence-corrected chi connectivity index (χ3v) is 6.24. The molecule has 0 aliphatic carbocycles. The van der Waals surface area contributed by atoms with Crippen molar-refractivity contribution in [3.8, 4) is 5.75 Å². The Kier molecular flexibility index (Phi) is 8.22. The van der Waals surface area contributed by atoms with Gasteiger partial charge in [0, 0.05) is 0 Å². The van der Waals surface area contributed by atoms with Gasteiger partial charge in [-0.05, 0) is 46.2 Å². The smallest absolute Gasteiger partial charge is 0.343 e. The number of esters is 2. The standard InChI is InChI=1S/C23H25B3O7S/c24-11-14-7-19(12-25)21(20(8-14)13-26)33-23(28)18-4-2-15-9-17(3-1-16(15)10-18)22(27)32-5-6-34(29,30)31/h1-4,7-10H,5-6,11-13,24-26H2,(H,29,30,31). The highest BCUT2D eigenvalue weighted by Crippen LogP contribution is 2.28. The number of hydrogen-bond donors (Lipinski definition) is 1. The summed E-state index contributed by atoms with van der Waals surface area (Å²) in [6.07, 6.45) is 2.42. The van der Waals surface area contributed by atoms with Crippen LogP contribution in [0.1, 0.15) is 37.4 Å². The molecule has 7 nitrogen and oxygen atoms in total. The maximum atomic E-state index is 13.0. The van der Waals surface area contributed by atoms with E-state index < -0.39 is 34.4 Å². The Bertz CT molecular complexity index is 1310. The molecule has 0 spiro atoms. The van der Waals surface area contributed by atoms with Crippen LogP contribution in [0.5, 0.6) is 5.75 Å². The first kappa shape index (κ1) is 25.6. The van der Waals surface area contributed by atoms with Crippen LogP contribution in [-0.2, 0) is 33.8 Å². The summed E-state index contributed by atoms with van der Waals surface area (Å²) in [5.74, 6) is -1.21. The lowest BCUT2D eigenvalue weighted by molar-refractivity contribution is 0.0528. The number of carbonyl (C=O) groups is 2. The Hall–Kier alpha value is -3.04. The molecule has 0 saturated heterocycles. The van der Waals surface area contributed by atoms with Gasteiger partial charge in [-0.2, -0.15) is 8.42 Å². The Balaban J connectivity index is 1.80. The molecular weight excluding hydrogens is 453 g/mol. The first-order chi connectivity index (χ1) is 16.1. The van der Waals surface area contributed by atoms with Crippen molar-refractivity contribution < 1.29 is 32.0 Å². The predicted molar refractivity (Wildman–Crippen MR) is 139 cm³/mol. The maximum Gasteiger partial charge on any atom is 0.343 e. The lowest BCUT2D eigenvalue weighted by Crippen LogP contribution is -2.14. The molecule has 0 amide bonds. The first-order valence-electron chi connectivity index (χ1n) is 11.2. The molecule has 0 aliphatic heterocycles. The first-order valence-corrected chi connectivity index (χ1v) is 12.8. The van der Waals surface area contributed by atoms with Crippen molar-refractivity contribution in [3.05, 3.63) is 76.3 Å². The molecule has 0 saturated carbocycles. The molecule has 0 radical (unpaired) electrons. The summed E-state index contributed by atoms with van der Waals surface area (Å²) in [6, 6.07) is 14.0. The highest BCUT2D eigenvalue weighted by Gasteiger charge is 2.17. The van der Waals surface area contributed by atoms with Gasteiger partial charge in [0.15, 0.2) is 0 Å². The zero-order chi connectivity index (χ0) is 24.9. The topological polar surface area (TPSA) is 107 Å². The van der Waals surface area contributed by atoms with Crippen molar-refractivity contribution in [1.82, 2.24) is 0 Å². The average molecular weight is 478 g/mol. The van der Waals surface area contributed by atoms with Gasteiger partial charge in [-0.1, -0.05) is 48.8 Å². The maximum absolute atomic E-state index is 13.0. The van der Waals surface area contributed by atoms with E-state index in [9.17, 15) is 18.0 Å². The Morgan fingerprint density at radius 2 is 1.32 bits per heavy atom. The van der Waals surface area contributed by atoms with Gasteiger partial charge in [-0.25, -0.2) is 9.59 Å². The van der Waals surface area contributed by atoms with Crippen LogP contribution in [-0.4, -0.2) is 60.8 Å². The zero-order valence-corrected chi connectivity index (χ0v) is 20.3. The highest BCUT2D eigenvalue weighted by atomic mass is 32.2. The third kappa shape index (κ3) is 6.30. The molecule has 3 aromatic carbocycles. The van der Waals surface area contributed by atoms with E-state index in [1.165, 1.54) is 11.6 Å². The van der Waals surface area contributed by atoms with Gasteiger partial charge in [-0.15, -0.1) is 0 Å². The molecule has 0 bridgehead atoms. The van der Waals surface area contributed by atoms with Crippen LogP contribution in [0.15, 0.2) is 48.5 Å². The summed E-state index contributed by atoms with van der Waals surface area (Å²) in [6.45, 7) is -0.445. The van der Waals surface area contributed by atoms with Crippen molar-refractivity contribution in [1.29, 1.82) is 0 Å². The van der Waals surface area contributed by atoms with E-state index in [0.717, 1.165) is 35.5 Å². The number of benzene rings is 3. The van der Waals surface area contributed by atoms with Crippen molar-refractivity contribution in [2.75, 3.05) is 12.4 Å². The average Bonchev–Trinajstić information content (AvgIpc) is 2.82. The normalized spacial score (nSPS) is 11.3. The van der Waals surface area contributed by atoms with Crippen LogP contribution < -0.4 is 4.74 Å². The molecule has 0 aromatic heterocycles. The second-order valence-corrected chi connectivity index (χ2v) is 9.46. The van der Waals surface area contributed by atoms with E-state index in [1.54, 1.807) is 30.3 Å². The van der Waals surface area contributed by atoms with E-state index in [2.05, 4.69) is 20.0 Å². The largest absolute Gasteiger partial charge is 0.461 e. The molecule has 174 valence electrons. The summed E-state index contributed by atoms with van der Waals surface area (Å²) in [5, 5.41) is 1.44. The van der Waals surface area contributed by atoms with Crippen molar-refractivity contribution >= 4 is 56.4 Å². The van der Waals surface area contributed by atoms with E-state index in [-0.39, 0.29) is 5.56 Å². The molecular formula is C23H25B3O7S. The number of ether oxygens (including phenoxy) is 2. The van der Waals surface area contributed by atoms with Crippen LogP contribution >= 0.6 is 0 Å². The van der Waals surface area contributed by atoms with E-state index in [1.807, 2.05) is 15.7 Å². The number of hydrogen-bond acceptors (Lipinski definition) is 6. The highest BCUT2D eigenvalue weighted by molar-refractivity contribution is 7.85. The van der Waals surface area contributed by atoms with Crippen molar-refractivity contribution in [2.24, 2.45) is 0 Å². The summed E-state index contributed by atoms with van der Waals surface area (Å²) < 4.78 is 41.0. The molecule has 3 rings (SSSR count). The SMILES string of the molecule is BCc1cc(CB)c(OC(=O)c2ccc3cc(C(=O)OCCS(=O)(=O)O)ccc3c2)c(CB)c1. The van der Waals surface area contributed by atoms with Crippen molar-refractivity contribution in [3.63, 3.8) is 0 Å². The van der Waals surface area contributed by atoms with Gasteiger partial charge < -0.3 is 9.47 Å². The Labute approximate surface area is 201 Å². The number of carbonyl (C=O) groups excluding carboxylic acids is 2. The fourth-order valence-corrected chi connectivity index (χ4v) is 3.96. The van der Waals surface area contributed by atoms with E-state index in [0.29, 0.717) is 16.7 Å². The van der Waals surface area contributed by atoms with Gasteiger partial charge >= 0.3 is 11.9 Å². The summed E-state index contributed by atoms with van der Waals surface area (Å²) in [4.78, 5) is 25.1. The third-order valence-electron chi connectivity index (χ3n) is 5.55. The molecule has 0 aliphatic rings. The summed E-state index contributed by atoms with van der Waals surface area (Å²) in [7, 11) is 1.96. The fourth-order valence-electron chi connectivity index (χ4n) is 3.66. The lowest BCUT2D eigenvalue weighted by atomic mass is 9.85. The molecule has 0 unspecified atom stereocenters. The molecule has 34 heavy (non-hydrogen) atoms. The quantitative estimate of drug-likeness (QED) is 0.207. The molecule has 1 N–H and O–H groups in total. The summed E-state index contributed by atoms with van der Waals surface area (Å²) in [5.41, 5.74) is 3.84. The zero-order valence-electron chi connectivity index (χ0n) is 19.5. The minimum Gasteiger partial charge on any atom is -0.461 e. The van der Waals surface area contributed by atoms with Crippen LogP contribution in [0.2, 0.25) is 0 Å². The van der Waals surface area contributed by atoms with Gasteiger partial charge in [0.05, 0.1) is 11.1 Å². The van der Waals surface area contributed by atoms with Crippen LogP contribution in [0, 0.1) is 0 Å². The predicted octanol–water partition coefficient (Wildman–Crippen LogP) is 0.503. The van der Waals surface area contributed by atoms with E-state index >= 15 is 0 Å². The minimum atomic E-state index is -4.21. The van der Waals surface area contributed by atoms with Crippen LogP contribution in [0.25, 0.3) is 10.8 Å². The summed E-state index contributed by atoms with van der Waals surface area (Å²) >= 11 is 0. The second kappa shape index (κ2) is 10.9. The molecule has 3 aromatic rings. The second-order valence-electron chi connectivity index (χ2n) is 7.89. The van der Waals surface area contributed by atoms with Gasteiger partial charge in [0.1, 0.15) is 41.6 Å². The monoisotopic (exact) mass is 478 g/mol. The van der Waals surface area contributed by atoms with Crippen LogP contribution in [0.3, 0.4) is 0 Å². The van der Waals surface area contributed by atoms with E-state index in [4.69, 9.17) is 14.0 Å². The Morgan fingerprint density at radius 3 is 1.79 bits per heavy atom. The van der Waals surface area contributed by atoms with Crippen LogP contribution in [0.4, 0.5) is 0 Å². The molecule has 11 heteroatoms. The molecule has 0 heterocycles. The number of fused-ring (bicyclic) bond motifs is 1. The Morgan fingerprint density at radius 1 is 0.794 bits per heavy atom. The van der Waals surface area contributed by atoms with Gasteiger partial charge in [0.2, 0.25) is 0 Å². The lowest BCUT2D eigenvalue weighted by Gasteiger charge is -2.15. The van der Waals surface area contributed by atoms with Crippen molar-refractivity contribution in [2.45, 2.75) is 19.0 Å². The molecule has 0 fully saturated rings. The number of rotatable bonds is 9. The minimum absolute atomic E-state index is 0.231. The van der Waals surface area contributed by atoms with Gasteiger partial charge in [-0.3, -0.25) is 4.55 Å². The fraction of sp³-hybridized carbons (Fsp3) is 0.217.